The summed E-state index contributed by atoms with van der Waals surface area (Å²) in [5, 5.41) is 7.73. The number of fused-ring (bicyclic) bond motifs is 1. The van der Waals surface area contributed by atoms with Gasteiger partial charge in [-0.15, -0.1) is 0 Å². The second-order valence-electron chi connectivity index (χ2n) is 7.81. The Bertz CT molecular complexity index is 602. The van der Waals surface area contributed by atoms with Crippen LogP contribution in [0.3, 0.4) is 0 Å². The molecule has 0 bridgehead atoms. The highest BCUT2D eigenvalue weighted by Gasteiger charge is 2.52. The standard InChI is InChI=1S/C18H24N2O/c1-17(2)12-18(8-13-11-19-21-16(13)17)9-15(10-18)20-14-6-4-3-5-7-14/h4,6-7,11,15,20H,3,5,8-10,12H2,1-2H3. The van der Waals surface area contributed by atoms with Crippen molar-refractivity contribution in [2.75, 3.05) is 0 Å². The van der Waals surface area contributed by atoms with E-state index in [1.807, 2.05) is 6.20 Å². The number of hydrogen-bond donors (Lipinski definition) is 1. The summed E-state index contributed by atoms with van der Waals surface area (Å²) in [6, 6.07) is 0.635. The highest BCUT2D eigenvalue weighted by Crippen LogP contribution is 2.56. The van der Waals surface area contributed by atoms with E-state index < -0.39 is 0 Å². The van der Waals surface area contributed by atoms with Crippen molar-refractivity contribution in [2.24, 2.45) is 5.41 Å². The molecule has 3 aliphatic rings. The third-order valence-corrected chi connectivity index (χ3v) is 5.37. The zero-order valence-corrected chi connectivity index (χ0v) is 13.0. The van der Waals surface area contributed by atoms with Gasteiger partial charge in [0.05, 0.1) is 6.20 Å². The maximum absolute atomic E-state index is 5.50. The molecule has 1 spiro atoms. The van der Waals surface area contributed by atoms with Crippen LogP contribution in [0.1, 0.15) is 57.3 Å². The van der Waals surface area contributed by atoms with Crippen LogP contribution in [0.5, 0.6) is 0 Å². The van der Waals surface area contributed by atoms with Crippen LogP contribution < -0.4 is 5.32 Å². The Morgan fingerprint density at radius 1 is 1.29 bits per heavy atom. The summed E-state index contributed by atoms with van der Waals surface area (Å²) in [5.41, 5.74) is 3.24. The molecule has 0 radical (unpaired) electrons. The van der Waals surface area contributed by atoms with Crippen LogP contribution >= 0.6 is 0 Å². The smallest absolute Gasteiger partial charge is 0.145 e. The van der Waals surface area contributed by atoms with Crippen molar-refractivity contribution in [3.8, 4) is 0 Å². The van der Waals surface area contributed by atoms with E-state index >= 15 is 0 Å². The molecule has 1 aromatic rings. The first-order valence-corrected chi connectivity index (χ1v) is 8.14. The Labute approximate surface area is 126 Å². The number of allylic oxidation sites excluding steroid dienone is 3. The van der Waals surface area contributed by atoms with Gasteiger partial charge in [-0.25, -0.2) is 0 Å². The summed E-state index contributed by atoms with van der Waals surface area (Å²) in [6.45, 7) is 4.59. The van der Waals surface area contributed by atoms with Crippen LogP contribution in [0.15, 0.2) is 34.6 Å². The average Bonchev–Trinajstić information content (AvgIpc) is 2.86. The minimum Gasteiger partial charge on any atom is -0.383 e. The van der Waals surface area contributed by atoms with Gasteiger partial charge in [0.1, 0.15) is 5.76 Å². The molecule has 0 atom stereocenters. The van der Waals surface area contributed by atoms with Gasteiger partial charge >= 0.3 is 0 Å². The largest absolute Gasteiger partial charge is 0.383 e. The lowest BCUT2D eigenvalue weighted by molar-refractivity contribution is 0.0350. The van der Waals surface area contributed by atoms with Gasteiger partial charge in [0, 0.05) is 22.7 Å². The predicted octanol–water partition coefficient (Wildman–Crippen LogP) is 3.87. The topological polar surface area (TPSA) is 38.1 Å². The molecule has 0 aliphatic heterocycles. The molecule has 3 nitrogen and oxygen atoms in total. The van der Waals surface area contributed by atoms with Gasteiger partial charge in [0.15, 0.2) is 0 Å². The Balaban J connectivity index is 1.45. The Kier molecular flexibility index (Phi) is 2.82. The minimum atomic E-state index is 0.124. The normalized spacial score (nSPS) is 33.2. The van der Waals surface area contributed by atoms with Crippen LogP contribution in [0.4, 0.5) is 0 Å². The Morgan fingerprint density at radius 2 is 2.14 bits per heavy atom. The molecular formula is C18H24N2O. The fraction of sp³-hybridized carbons (Fsp3) is 0.611. The summed E-state index contributed by atoms with van der Waals surface area (Å²) in [6.07, 6.45) is 16.0. The molecule has 0 aromatic carbocycles. The van der Waals surface area contributed by atoms with Gasteiger partial charge in [-0.2, -0.15) is 0 Å². The lowest BCUT2D eigenvalue weighted by Crippen LogP contribution is -2.53. The van der Waals surface area contributed by atoms with Crippen molar-refractivity contribution in [3.05, 3.63) is 41.4 Å². The number of hydrogen-bond acceptors (Lipinski definition) is 3. The van der Waals surface area contributed by atoms with Gasteiger partial charge in [0.2, 0.25) is 0 Å². The summed E-state index contributed by atoms with van der Waals surface area (Å²) < 4.78 is 5.50. The van der Waals surface area contributed by atoms with Crippen molar-refractivity contribution < 1.29 is 4.52 Å². The van der Waals surface area contributed by atoms with E-state index in [-0.39, 0.29) is 5.41 Å². The van der Waals surface area contributed by atoms with E-state index in [9.17, 15) is 0 Å². The monoisotopic (exact) mass is 284 g/mol. The first kappa shape index (κ1) is 13.2. The first-order valence-electron chi connectivity index (χ1n) is 8.14. The number of nitrogens with zero attached hydrogens (tertiary/aromatic N) is 1. The van der Waals surface area contributed by atoms with Crippen molar-refractivity contribution in [3.63, 3.8) is 0 Å². The maximum atomic E-state index is 5.50. The van der Waals surface area contributed by atoms with Gasteiger partial charge < -0.3 is 9.84 Å². The van der Waals surface area contributed by atoms with Gasteiger partial charge in [0.25, 0.3) is 0 Å². The van der Waals surface area contributed by atoms with Crippen molar-refractivity contribution >= 4 is 0 Å². The summed E-state index contributed by atoms with van der Waals surface area (Å²) in [7, 11) is 0. The maximum Gasteiger partial charge on any atom is 0.145 e. The molecule has 3 aliphatic carbocycles. The van der Waals surface area contributed by atoms with E-state index in [0.29, 0.717) is 11.5 Å². The van der Waals surface area contributed by atoms with Crippen LogP contribution in [-0.4, -0.2) is 11.2 Å². The molecule has 112 valence electrons. The van der Waals surface area contributed by atoms with E-state index in [2.05, 4.69) is 42.5 Å². The van der Waals surface area contributed by atoms with E-state index in [1.54, 1.807) is 0 Å². The summed E-state index contributed by atoms with van der Waals surface area (Å²) in [4.78, 5) is 0. The molecule has 1 N–H and O–H groups in total. The number of rotatable bonds is 2. The fourth-order valence-electron chi connectivity index (χ4n) is 4.76. The van der Waals surface area contributed by atoms with Gasteiger partial charge in [-0.1, -0.05) is 31.2 Å². The summed E-state index contributed by atoms with van der Waals surface area (Å²) >= 11 is 0. The first-order chi connectivity index (χ1) is 10.1. The van der Waals surface area contributed by atoms with E-state index in [1.165, 1.54) is 43.4 Å². The highest BCUT2D eigenvalue weighted by atomic mass is 16.5. The molecule has 1 saturated carbocycles. The highest BCUT2D eigenvalue weighted by molar-refractivity contribution is 5.30. The molecule has 1 fully saturated rings. The molecule has 4 rings (SSSR count). The van der Waals surface area contributed by atoms with Crippen LogP contribution in [0.25, 0.3) is 0 Å². The molecule has 0 saturated heterocycles. The minimum absolute atomic E-state index is 0.124. The molecular weight excluding hydrogens is 260 g/mol. The Morgan fingerprint density at radius 3 is 2.90 bits per heavy atom. The third-order valence-electron chi connectivity index (χ3n) is 5.37. The second kappa shape index (κ2) is 4.49. The lowest BCUT2D eigenvalue weighted by Gasteiger charge is -2.53. The molecule has 21 heavy (non-hydrogen) atoms. The van der Waals surface area contributed by atoms with Crippen molar-refractivity contribution in [1.29, 1.82) is 0 Å². The lowest BCUT2D eigenvalue weighted by atomic mass is 9.53. The van der Waals surface area contributed by atoms with Crippen LogP contribution in [-0.2, 0) is 11.8 Å². The third kappa shape index (κ3) is 2.23. The quantitative estimate of drug-likeness (QED) is 0.896. The Hall–Kier alpha value is -1.51. The molecule has 1 aromatic heterocycles. The molecule has 3 heteroatoms. The van der Waals surface area contributed by atoms with Gasteiger partial charge in [-0.05, 0) is 50.0 Å². The van der Waals surface area contributed by atoms with E-state index in [4.69, 9.17) is 4.52 Å². The van der Waals surface area contributed by atoms with Crippen LogP contribution in [0.2, 0.25) is 0 Å². The van der Waals surface area contributed by atoms with Crippen molar-refractivity contribution in [2.45, 2.75) is 63.8 Å². The fourth-order valence-corrected chi connectivity index (χ4v) is 4.76. The van der Waals surface area contributed by atoms with Crippen molar-refractivity contribution in [1.82, 2.24) is 10.5 Å². The predicted molar refractivity (Wildman–Crippen MR) is 82.9 cm³/mol. The second-order valence-corrected chi connectivity index (χ2v) is 7.81. The van der Waals surface area contributed by atoms with Crippen LogP contribution in [0, 0.1) is 5.41 Å². The van der Waals surface area contributed by atoms with Gasteiger partial charge in [-0.3, -0.25) is 0 Å². The molecule has 1 heterocycles. The molecule has 0 amide bonds. The zero-order valence-electron chi connectivity index (χ0n) is 13.0. The SMILES string of the molecule is CC1(C)CC2(Cc3cnoc31)CC(NC1=CCCC=C1)C2. The average molecular weight is 284 g/mol. The summed E-state index contributed by atoms with van der Waals surface area (Å²) in [5.74, 6) is 1.11. The zero-order chi connectivity index (χ0) is 14.5. The number of aromatic nitrogens is 1. The van der Waals surface area contributed by atoms with E-state index in [0.717, 1.165) is 12.2 Å². The molecule has 0 unspecified atom stereocenters. The number of nitrogens with one attached hydrogen (secondary N) is 1.